The molecule has 15 heteroatoms. The molecule has 1 aliphatic heterocycles. The fourth-order valence-electron chi connectivity index (χ4n) is 2.07. The van der Waals surface area contributed by atoms with Crippen molar-refractivity contribution in [3.8, 4) is 0 Å². The number of nitrogens with zero attached hydrogens (tertiary/aromatic N) is 1. The van der Waals surface area contributed by atoms with Crippen molar-refractivity contribution in [3.63, 3.8) is 0 Å². The number of H-pyrrole nitrogens is 1. The van der Waals surface area contributed by atoms with E-state index in [1.54, 1.807) is 0 Å². The molecule has 0 bridgehead atoms. The molecule has 24 heavy (non-hydrogen) atoms. The van der Waals surface area contributed by atoms with Crippen LogP contribution >= 0.6 is 27.3 Å². The van der Waals surface area contributed by atoms with Gasteiger partial charge < -0.3 is 19.0 Å². The molecule has 2 unspecified atom stereocenters. The van der Waals surface area contributed by atoms with Crippen LogP contribution in [-0.2, 0) is 22.9 Å². The molecule has 1 fully saturated rings. The highest BCUT2D eigenvalue weighted by Crippen LogP contribution is 2.42. The smallest absolute Gasteiger partial charge is 0.582 e. The molecule has 134 valence electrons. The summed E-state index contributed by atoms with van der Waals surface area (Å²) in [5.41, 5.74) is -1.67. The predicted molar refractivity (Wildman–Crippen MR) is 77.4 cm³/mol. The Morgan fingerprint density at radius 1 is 1.58 bits per heavy atom. The zero-order valence-electron chi connectivity index (χ0n) is 11.6. The molecule has 1 aromatic heterocycles. The van der Waals surface area contributed by atoms with Gasteiger partial charge in [0.25, 0.3) is 13.4 Å². The number of thiol groups is 1. The Kier molecular flexibility index (Phi) is 6.10. The first kappa shape index (κ1) is 19.4. The van der Waals surface area contributed by atoms with Crippen molar-refractivity contribution in [1.82, 2.24) is 9.55 Å². The van der Waals surface area contributed by atoms with Crippen molar-refractivity contribution in [2.24, 2.45) is 0 Å². The highest BCUT2D eigenvalue weighted by molar-refractivity contribution is 8.39. The number of rotatable bonds is 6. The Bertz CT molecular complexity index is 779. The predicted octanol–water partition coefficient (Wildman–Crippen LogP) is -0.778. The van der Waals surface area contributed by atoms with Gasteiger partial charge in [0.15, 0.2) is 18.5 Å². The third kappa shape index (κ3) is 4.80. The molecule has 1 aromatic rings. The first-order valence-corrected chi connectivity index (χ1v) is 10.0. The molecule has 2 heterocycles. The lowest BCUT2D eigenvalue weighted by Gasteiger charge is -2.19. The maximum Gasteiger partial charge on any atom is 0.582 e. The highest BCUT2D eigenvalue weighted by atomic mass is 32.7. The molecule has 2 rings (SSSR count). The zero-order chi connectivity index (χ0) is 18.1. The minimum absolute atomic E-state index is 0.712. The summed E-state index contributed by atoms with van der Waals surface area (Å²) in [4.78, 5) is 43.9. The lowest BCUT2D eigenvalue weighted by molar-refractivity contribution is -0.222. The topological polar surface area (TPSA) is 160 Å². The number of halogens is 1. The van der Waals surface area contributed by atoms with Gasteiger partial charge in [-0.25, -0.2) is 9.18 Å². The van der Waals surface area contributed by atoms with Crippen LogP contribution in [0.15, 0.2) is 21.9 Å². The van der Waals surface area contributed by atoms with Crippen molar-refractivity contribution in [3.05, 3.63) is 33.1 Å². The van der Waals surface area contributed by atoms with Gasteiger partial charge in [0, 0.05) is 12.3 Å². The maximum absolute atomic E-state index is 14.4. The van der Waals surface area contributed by atoms with Crippen molar-refractivity contribution in [1.29, 1.82) is 0 Å². The Hall–Kier alpha value is -0.910. The van der Waals surface area contributed by atoms with Crippen LogP contribution in [0.1, 0.15) is 6.23 Å². The van der Waals surface area contributed by atoms with Crippen LogP contribution in [0.25, 0.3) is 0 Å². The minimum atomic E-state index is -5.13. The molecule has 11 nitrogen and oxygen atoms in total. The largest absolute Gasteiger partial charge is 0.756 e. The Morgan fingerprint density at radius 3 is 2.79 bits per heavy atom. The number of phosphoric acid groups is 1. The normalized spacial score (nSPS) is 30.1. The Balaban J connectivity index is 2.30. The van der Waals surface area contributed by atoms with E-state index in [0.29, 0.717) is 0 Å². The molecule has 0 aliphatic carbocycles. The van der Waals surface area contributed by atoms with E-state index in [0.717, 1.165) is 16.8 Å². The van der Waals surface area contributed by atoms with Crippen molar-refractivity contribution in [2.45, 2.75) is 24.6 Å². The van der Waals surface area contributed by atoms with E-state index in [-0.39, 0.29) is 0 Å². The van der Waals surface area contributed by atoms with E-state index in [4.69, 9.17) is 14.2 Å². The molecular weight excluding hydrogens is 393 g/mol. The molecule has 1 aliphatic rings. The van der Waals surface area contributed by atoms with E-state index in [2.05, 4.69) is 16.8 Å². The second-order valence-corrected chi connectivity index (χ2v) is 7.46. The SMILES string of the molecule is O=c1ccn([C@@H]2O[C@H](COP(=O)([O-])O)[C@H](F)[C@H]2O[P+](=O)S)c(=O)[nH]1. The first-order valence-electron chi connectivity index (χ1n) is 6.21. The standard InChI is InChI=1S/C9H11FN2O9P2S/c10-6-4(3-19-23(16,17)18)20-8(7(6)21-22(15)24)12-2-1-5(13)11-9(12)14/h1-2,4,6-8H,3H2,(H3-,11,13,14,15,16,17,18,24)/t4-,6+,7-,8-/m1/s1. The Morgan fingerprint density at radius 2 is 2.25 bits per heavy atom. The van der Waals surface area contributed by atoms with E-state index in [9.17, 15) is 28.0 Å². The number of alkyl halides is 1. The number of phosphoric ester groups is 1. The quantitative estimate of drug-likeness (QED) is 0.408. The van der Waals surface area contributed by atoms with Crippen LogP contribution in [0, 0.1) is 0 Å². The van der Waals surface area contributed by atoms with Gasteiger partial charge >= 0.3 is 12.9 Å². The highest BCUT2D eigenvalue weighted by Gasteiger charge is 2.51. The van der Waals surface area contributed by atoms with Gasteiger partial charge in [-0.3, -0.25) is 18.9 Å². The van der Waals surface area contributed by atoms with Crippen molar-refractivity contribution in [2.75, 3.05) is 6.61 Å². The van der Waals surface area contributed by atoms with Gasteiger partial charge in [-0.1, -0.05) is 0 Å². The molecular formula is C9H11FN2O9P2S. The number of hydrogen-bond donors (Lipinski definition) is 3. The van der Waals surface area contributed by atoms with Crippen molar-refractivity contribution >= 4 is 27.3 Å². The molecule has 0 radical (unpaired) electrons. The van der Waals surface area contributed by atoms with Gasteiger partial charge in [-0.2, -0.15) is 0 Å². The summed E-state index contributed by atoms with van der Waals surface area (Å²) in [7, 11) is -7.72. The van der Waals surface area contributed by atoms with E-state index >= 15 is 0 Å². The maximum atomic E-state index is 14.4. The third-order valence-electron chi connectivity index (χ3n) is 3.00. The van der Waals surface area contributed by atoms with Gasteiger partial charge in [-0.15, -0.1) is 4.52 Å². The summed E-state index contributed by atoms with van der Waals surface area (Å²) in [5, 5.41) is 0. The molecule has 0 saturated carbocycles. The second-order valence-electron chi connectivity index (χ2n) is 4.60. The summed E-state index contributed by atoms with van der Waals surface area (Å²) in [6.45, 7) is -0.906. The molecule has 0 spiro atoms. The van der Waals surface area contributed by atoms with Crippen LogP contribution in [-0.4, -0.2) is 39.4 Å². The van der Waals surface area contributed by atoms with Gasteiger partial charge in [0.05, 0.1) is 6.61 Å². The number of aromatic amines is 1. The molecule has 1 saturated heterocycles. The third-order valence-corrected chi connectivity index (χ3v) is 4.19. The molecule has 6 atom stereocenters. The van der Waals surface area contributed by atoms with Crippen LogP contribution in [0.5, 0.6) is 0 Å². The van der Waals surface area contributed by atoms with Crippen LogP contribution in [0.2, 0.25) is 0 Å². The number of nitrogens with one attached hydrogen (secondary N) is 1. The fourth-order valence-corrected chi connectivity index (χ4v) is 3.16. The van der Waals surface area contributed by atoms with Crippen molar-refractivity contribution < 1.29 is 37.1 Å². The number of aromatic nitrogens is 2. The summed E-state index contributed by atoms with van der Waals surface area (Å²) < 4.78 is 50.9. The summed E-state index contributed by atoms with van der Waals surface area (Å²) in [6.07, 6.45) is -5.71. The summed E-state index contributed by atoms with van der Waals surface area (Å²) >= 11 is 3.49. The molecule has 0 amide bonds. The molecule has 2 N–H and O–H groups in total. The van der Waals surface area contributed by atoms with E-state index in [1.165, 1.54) is 0 Å². The van der Waals surface area contributed by atoms with Gasteiger partial charge in [0.2, 0.25) is 0 Å². The summed E-state index contributed by atoms with van der Waals surface area (Å²) in [5.74, 6) is 0. The van der Waals surface area contributed by atoms with Crippen LogP contribution in [0.3, 0.4) is 0 Å². The average molecular weight is 404 g/mol. The lowest BCUT2D eigenvalue weighted by Crippen LogP contribution is -2.37. The Labute approximate surface area is 139 Å². The average Bonchev–Trinajstić information content (AvgIpc) is 2.73. The van der Waals surface area contributed by atoms with Crippen LogP contribution in [0.4, 0.5) is 4.39 Å². The monoisotopic (exact) mass is 404 g/mol. The van der Waals surface area contributed by atoms with Crippen LogP contribution < -0.4 is 16.1 Å². The minimum Gasteiger partial charge on any atom is -0.756 e. The molecule has 0 aromatic carbocycles. The summed E-state index contributed by atoms with van der Waals surface area (Å²) in [6, 6.07) is 0.957. The van der Waals surface area contributed by atoms with Gasteiger partial charge in [0.1, 0.15) is 18.4 Å². The number of hydrogen-bond acceptors (Lipinski definition) is 8. The zero-order valence-corrected chi connectivity index (χ0v) is 14.2. The first-order chi connectivity index (χ1) is 11.1. The van der Waals surface area contributed by atoms with E-state index < -0.39 is 57.5 Å². The second kappa shape index (κ2) is 7.54. The lowest BCUT2D eigenvalue weighted by atomic mass is 10.1. The van der Waals surface area contributed by atoms with Gasteiger partial charge in [-0.05, 0) is 4.57 Å². The number of ether oxygens (including phenoxy) is 1. The van der Waals surface area contributed by atoms with E-state index in [1.807, 2.05) is 4.98 Å². The fraction of sp³-hybridized carbons (Fsp3) is 0.556.